The summed E-state index contributed by atoms with van der Waals surface area (Å²) >= 11 is 0. The van der Waals surface area contributed by atoms with Gasteiger partial charge in [0.2, 0.25) is 5.91 Å². The molecule has 0 saturated carbocycles. The molecule has 8 nitrogen and oxygen atoms in total. The van der Waals surface area contributed by atoms with Gasteiger partial charge in [0.1, 0.15) is 19.5 Å². The first kappa shape index (κ1) is 21.1. The minimum absolute atomic E-state index is 0.164. The standard InChI is InChI=1S/C23H26N2O6/c1-29-12-13-9-18(23(28)30-2)20(10-13)24-21(27)8-7-19-17-5-3-14-11-15(26)4-6-16(14)22(17)31-25-19/h4,6,11,13,26H,3,5,7-10,12H2,1-2H3,(H,24,27)/p+1. The number of phenols is 1. The van der Waals surface area contributed by atoms with Gasteiger partial charge in [-0.2, -0.15) is 0 Å². The van der Waals surface area contributed by atoms with Gasteiger partial charge in [-0.3, -0.25) is 4.79 Å². The Balaban J connectivity index is 1.42. The van der Waals surface area contributed by atoms with E-state index in [-0.39, 0.29) is 24.0 Å². The molecule has 1 atom stereocenters. The molecule has 1 unspecified atom stereocenters. The molecule has 31 heavy (non-hydrogen) atoms. The fourth-order valence-corrected chi connectivity index (χ4v) is 4.48. The Morgan fingerprint density at radius 1 is 1.32 bits per heavy atom. The van der Waals surface area contributed by atoms with Gasteiger partial charge < -0.3 is 24.4 Å². The maximum absolute atomic E-state index is 12.6. The molecular weight excluding hydrogens is 400 g/mol. The number of phenolic OH excluding ortho intramolecular Hbond substituents is 1. The first-order valence-corrected chi connectivity index (χ1v) is 10.5. The van der Waals surface area contributed by atoms with Gasteiger partial charge >= 0.3 is 5.97 Å². The van der Waals surface area contributed by atoms with E-state index in [4.69, 9.17) is 9.26 Å². The molecule has 1 heterocycles. The van der Waals surface area contributed by atoms with E-state index in [9.17, 15) is 14.7 Å². The molecule has 164 valence electrons. The normalized spacial score (nSPS) is 17.3. The largest absolute Gasteiger partial charge is 0.508 e. The molecular formula is C23H27N2O6+. The summed E-state index contributed by atoms with van der Waals surface area (Å²) in [5.74, 6) is 0.597. The van der Waals surface area contributed by atoms with Crippen LogP contribution in [0.15, 0.2) is 34.0 Å². The maximum Gasteiger partial charge on any atom is 0.335 e. The first-order chi connectivity index (χ1) is 15.0. The highest BCUT2D eigenvalue weighted by Crippen LogP contribution is 2.37. The first-order valence-electron chi connectivity index (χ1n) is 10.5. The number of carbonyl (C=O) groups excluding carboxylic acids is 2. The number of allylic oxidation sites excluding steroid dienone is 1. The highest BCUT2D eigenvalue weighted by molar-refractivity contribution is 5.91. The second-order valence-corrected chi connectivity index (χ2v) is 8.05. The highest BCUT2D eigenvalue weighted by Gasteiger charge is 2.31. The number of ether oxygens (including phenoxy) is 2. The third kappa shape index (κ3) is 4.34. The van der Waals surface area contributed by atoms with Crippen molar-refractivity contribution in [2.24, 2.45) is 5.92 Å². The summed E-state index contributed by atoms with van der Waals surface area (Å²) < 4.78 is 14.6. The number of methoxy groups -OCH3 is 1. The smallest absolute Gasteiger partial charge is 0.335 e. The molecule has 0 aliphatic heterocycles. The van der Waals surface area contributed by atoms with E-state index in [2.05, 4.69) is 15.2 Å². The van der Waals surface area contributed by atoms with E-state index in [0.29, 0.717) is 42.9 Å². The number of aryl methyl sites for hydroxylation is 2. The number of carbonyl (C=O) groups is 2. The number of amides is 1. The van der Waals surface area contributed by atoms with Gasteiger partial charge in [-0.15, -0.1) is 0 Å². The van der Waals surface area contributed by atoms with Crippen molar-refractivity contribution >= 4 is 11.9 Å². The Morgan fingerprint density at radius 2 is 2.16 bits per heavy atom. The second kappa shape index (κ2) is 8.93. The van der Waals surface area contributed by atoms with E-state index in [1.165, 1.54) is 7.11 Å². The Bertz CT molecular complexity index is 1040. The number of esters is 1. The van der Waals surface area contributed by atoms with Crippen molar-refractivity contribution in [2.45, 2.75) is 38.5 Å². The molecule has 3 N–H and O–H groups in total. The third-order valence-electron chi connectivity index (χ3n) is 5.95. The Morgan fingerprint density at radius 3 is 2.94 bits per heavy atom. The second-order valence-electron chi connectivity index (χ2n) is 8.05. The van der Waals surface area contributed by atoms with Crippen LogP contribution in [0.3, 0.4) is 0 Å². The molecule has 2 aliphatic carbocycles. The summed E-state index contributed by atoms with van der Waals surface area (Å²) in [6.45, 7) is 0.643. The van der Waals surface area contributed by atoms with E-state index in [0.717, 1.165) is 35.2 Å². The number of aliphatic hydroxyl groups is 2. The molecule has 4 rings (SSSR count). The number of aromatic nitrogens is 1. The molecule has 0 spiro atoms. The zero-order valence-corrected chi connectivity index (χ0v) is 17.7. The number of hydrogen-bond donors (Lipinski definition) is 2. The van der Waals surface area contributed by atoms with Gasteiger partial charge in [0.25, 0.3) is 0 Å². The van der Waals surface area contributed by atoms with Crippen LogP contribution in [0.1, 0.15) is 36.1 Å². The SMILES string of the molecule is COC(=O)C1=C(NC(=O)CCc2noc3c2CCc2cc(O)ccc2-3)CC(C[OH+]C)C1. The molecule has 2 aromatic rings. The third-order valence-corrected chi connectivity index (χ3v) is 5.95. The number of nitrogens with one attached hydrogen (secondary N) is 1. The lowest BCUT2D eigenvalue weighted by atomic mass is 9.89. The zero-order valence-electron chi connectivity index (χ0n) is 17.7. The number of benzene rings is 1. The average molecular weight is 427 g/mol. The zero-order chi connectivity index (χ0) is 22.0. The Hall–Kier alpha value is -3.13. The van der Waals surface area contributed by atoms with Crippen LogP contribution in [0.25, 0.3) is 11.3 Å². The highest BCUT2D eigenvalue weighted by atomic mass is 16.5. The lowest BCUT2D eigenvalue weighted by molar-refractivity contribution is -0.136. The average Bonchev–Trinajstić information content (AvgIpc) is 3.35. The Labute approximate surface area is 180 Å². The topological polar surface area (TPSA) is 114 Å². The number of hydrogen-bond acceptors (Lipinski definition) is 6. The van der Waals surface area contributed by atoms with Crippen LogP contribution in [0.4, 0.5) is 0 Å². The van der Waals surface area contributed by atoms with Crippen molar-refractivity contribution in [1.29, 1.82) is 0 Å². The predicted octanol–water partition coefficient (Wildman–Crippen LogP) is 2.19. The predicted molar refractivity (Wildman–Crippen MR) is 112 cm³/mol. The number of rotatable bonds is 7. The molecule has 1 aromatic heterocycles. The summed E-state index contributed by atoms with van der Waals surface area (Å²) in [4.78, 5) is 24.7. The molecule has 0 fully saturated rings. The fourth-order valence-electron chi connectivity index (χ4n) is 4.48. The summed E-state index contributed by atoms with van der Waals surface area (Å²) in [6.07, 6.45) is 3.40. The minimum atomic E-state index is -0.399. The van der Waals surface area contributed by atoms with Crippen LogP contribution < -0.4 is 5.32 Å². The van der Waals surface area contributed by atoms with Gasteiger partial charge in [-0.25, -0.2) is 4.79 Å². The summed E-state index contributed by atoms with van der Waals surface area (Å²) in [7, 11) is 3.09. The van der Waals surface area contributed by atoms with Gasteiger partial charge in [0.05, 0.1) is 18.4 Å². The summed E-state index contributed by atoms with van der Waals surface area (Å²) in [5.41, 5.74) is 4.94. The van der Waals surface area contributed by atoms with Crippen molar-refractivity contribution in [3.63, 3.8) is 0 Å². The molecule has 2 aliphatic rings. The van der Waals surface area contributed by atoms with Gasteiger partial charge in [-0.05, 0) is 49.4 Å². The van der Waals surface area contributed by atoms with Gasteiger partial charge in [-0.1, -0.05) is 5.16 Å². The van der Waals surface area contributed by atoms with Crippen molar-refractivity contribution in [3.8, 4) is 17.1 Å². The van der Waals surface area contributed by atoms with Gasteiger partial charge in [0, 0.05) is 35.6 Å². The quantitative estimate of drug-likeness (QED) is 0.517. The molecule has 8 heteroatoms. The van der Waals surface area contributed by atoms with Crippen molar-refractivity contribution in [3.05, 3.63) is 46.3 Å². The minimum Gasteiger partial charge on any atom is -0.508 e. The monoisotopic (exact) mass is 427 g/mol. The fraction of sp³-hybridized carbons (Fsp3) is 0.435. The van der Waals surface area contributed by atoms with Crippen LogP contribution in [0.2, 0.25) is 0 Å². The summed E-state index contributed by atoms with van der Waals surface area (Å²) in [5, 5.41) is 16.8. The van der Waals surface area contributed by atoms with Crippen molar-refractivity contribution < 1.29 is 28.7 Å². The Kier molecular flexibility index (Phi) is 6.08. The van der Waals surface area contributed by atoms with Gasteiger partial charge in [0.15, 0.2) is 5.76 Å². The molecule has 1 aromatic carbocycles. The van der Waals surface area contributed by atoms with E-state index in [1.807, 2.05) is 6.07 Å². The molecule has 0 radical (unpaired) electrons. The van der Waals surface area contributed by atoms with Crippen LogP contribution in [-0.4, -0.2) is 47.7 Å². The van der Waals surface area contributed by atoms with Crippen LogP contribution >= 0.6 is 0 Å². The molecule has 0 saturated heterocycles. The van der Waals surface area contributed by atoms with Crippen LogP contribution in [0.5, 0.6) is 5.75 Å². The molecule has 0 bridgehead atoms. The van der Waals surface area contributed by atoms with Crippen LogP contribution in [0, 0.1) is 5.92 Å². The van der Waals surface area contributed by atoms with Crippen LogP contribution in [-0.2, 0) is 33.6 Å². The number of aromatic hydroxyl groups is 1. The lowest BCUT2D eigenvalue weighted by Crippen LogP contribution is -2.25. The summed E-state index contributed by atoms with van der Waals surface area (Å²) in [6, 6.07) is 5.22. The lowest BCUT2D eigenvalue weighted by Gasteiger charge is -2.15. The van der Waals surface area contributed by atoms with E-state index >= 15 is 0 Å². The maximum atomic E-state index is 12.6. The number of fused-ring (bicyclic) bond motifs is 3. The van der Waals surface area contributed by atoms with E-state index in [1.54, 1.807) is 19.2 Å². The van der Waals surface area contributed by atoms with Crippen molar-refractivity contribution in [1.82, 2.24) is 10.5 Å². The van der Waals surface area contributed by atoms with Crippen molar-refractivity contribution in [2.75, 3.05) is 20.8 Å². The van der Waals surface area contributed by atoms with E-state index < -0.39 is 5.97 Å². The molecule has 1 amide bonds. The number of nitrogens with zero attached hydrogens (tertiary/aromatic N) is 1.